The van der Waals surface area contributed by atoms with Crippen molar-refractivity contribution in [3.8, 4) is 0 Å². The Balaban J connectivity index is 1.66. The summed E-state index contributed by atoms with van der Waals surface area (Å²) in [6, 6.07) is 0. The molecule has 4 atom stereocenters. The second-order valence-corrected chi connectivity index (χ2v) is 9.20. The first-order valence-electron chi connectivity index (χ1n) is 8.73. The van der Waals surface area contributed by atoms with Crippen molar-refractivity contribution >= 4 is 41.5 Å². The Morgan fingerprint density at radius 2 is 2.26 bits per heavy atom. The number of carboxylic acids is 1. The van der Waals surface area contributed by atoms with E-state index in [1.165, 1.54) is 34.5 Å². The Morgan fingerprint density at radius 1 is 1.52 bits per heavy atom. The molecule has 2 amide bonds. The molecule has 8 nitrogen and oxygen atoms in total. The minimum atomic E-state index is -1.15. The lowest BCUT2D eigenvalue weighted by molar-refractivity contribution is -0.157. The molecule has 10 heteroatoms. The zero-order chi connectivity index (χ0) is 19.7. The lowest BCUT2D eigenvalue weighted by atomic mass is 9.90. The number of carbonyl (C=O) groups is 3. The van der Waals surface area contributed by atoms with Gasteiger partial charge in [0.2, 0.25) is 5.91 Å². The zero-order valence-corrected chi connectivity index (χ0v) is 16.5. The van der Waals surface area contributed by atoms with Crippen LogP contribution < -0.4 is 0 Å². The Bertz CT molecular complexity index is 697. The molecule has 3 aliphatic rings. The molecular weight excluding hydrogens is 392 g/mol. The van der Waals surface area contributed by atoms with E-state index in [1.807, 2.05) is 0 Å². The average molecular weight is 415 g/mol. The number of aliphatic carboxylic acids is 1. The molecule has 2 N–H and O–H groups in total. The largest absolute Gasteiger partial charge is 0.477 e. The highest BCUT2D eigenvalue weighted by Crippen LogP contribution is 2.55. The van der Waals surface area contributed by atoms with Gasteiger partial charge in [0, 0.05) is 18.3 Å². The maximum Gasteiger partial charge on any atom is 0.410 e. The van der Waals surface area contributed by atoms with Crippen LogP contribution in [-0.4, -0.2) is 74.4 Å². The number of hydrogen-bond acceptors (Lipinski definition) is 7. The van der Waals surface area contributed by atoms with Crippen molar-refractivity contribution in [3.05, 3.63) is 22.6 Å². The summed E-state index contributed by atoms with van der Waals surface area (Å²) in [5, 5.41) is 19.3. The van der Waals surface area contributed by atoms with E-state index < -0.39 is 24.1 Å². The van der Waals surface area contributed by atoms with Crippen molar-refractivity contribution in [2.75, 3.05) is 19.7 Å². The van der Waals surface area contributed by atoms with E-state index in [2.05, 4.69) is 6.58 Å². The molecule has 148 valence electrons. The first kappa shape index (κ1) is 20.1. The number of β-lactam (4-membered cyclic amide) rings is 1. The standard InChI is InChI=1S/C17H22N2O6S2/c1-3-7-25-17(24)18-6-5-9(8-18)26-16-12(15(22)23)19-13(21)11(10(20)4-2)14(19)27-16/h3,9-11,14,20H,1,4-8H2,2H3,(H,22,23)/t9?,10-,11+,14+/m0/s1. The van der Waals surface area contributed by atoms with Crippen molar-refractivity contribution in [1.82, 2.24) is 9.80 Å². The third-order valence-electron chi connectivity index (χ3n) is 4.78. The number of aliphatic hydroxyl groups is 1. The van der Waals surface area contributed by atoms with Gasteiger partial charge in [0.05, 0.1) is 16.3 Å². The summed E-state index contributed by atoms with van der Waals surface area (Å²) in [4.78, 5) is 38.9. The third-order valence-corrected chi connectivity index (χ3v) is 7.64. The minimum absolute atomic E-state index is 0.00719. The molecule has 0 radical (unpaired) electrons. The van der Waals surface area contributed by atoms with Gasteiger partial charge in [-0.1, -0.05) is 31.3 Å². The van der Waals surface area contributed by atoms with Gasteiger partial charge in [-0.05, 0) is 12.8 Å². The SMILES string of the molecule is C=CCOC(=O)N1CCC(SC2=C(C(=O)O)N3C(=O)[C@@H]([C@@H](O)CC)[C@H]3S2)C1. The van der Waals surface area contributed by atoms with Gasteiger partial charge >= 0.3 is 12.1 Å². The van der Waals surface area contributed by atoms with Gasteiger partial charge in [0.15, 0.2) is 5.70 Å². The van der Waals surface area contributed by atoms with Gasteiger partial charge in [-0.2, -0.15) is 0 Å². The van der Waals surface area contributed by atoms with Crippen LogP contribution in [0.15, 0.2) is 22.6 Å². The Hall–Kier alpha value is -1.65. The van der Waals surface area contributed by atoms with Crippen LogP contribution in [0.1, 0.15) is 19.8 Å². The normalized spacial score (nSPS) is 28.1. The monoisotopic (exact) mass is 414 g/mol. The number of rotatable bonds is 7. The van der Waals surface area contributed by atoms with Gasteiger partial charge < -0.3 is 19.8 Å². The second kappa shape index (κ2) is 8.15. The van der Waals surface area contributed by atoms with E-state index in [-0.39, 0.29) is 28.8 Å². The van der Waals surface area contributed by atoms with Crippen LogP contribution >= 0.6 is 23.5 Å². The molecule has 3 rings (SSSR count). The number of fused-ring (bicyclic) bond motifs is 1. The molecule has 1 unspecified atom stereocenters. The summed E-state index contributed by atoms with van der Waals surface area (Å²) in [5.41, 5.74) is -0.00719. The minimum Gasteiger partial charge on any atom is -0.477 e. The Labute approximate surface area is 165 Å². The number of amides is 2. The molecule has 27 heavy (non-hydrogen) atoms. The molecule has 2 fully saturated rings. The van der Waals surface area contributed by atoms with Crippen LogP contribution in [0.5, 0.6) is 0 Å². The molecule has 0 aromatic heterocycles. The summed E-state index contributed by atoms with van der Waals surface area (Å²) in [7, 11) is 0. The van der Waals surface area contributed by atoms with Gasteiger partial charge in [0.25, 0.3) is 0 Å². The van der Waals surface area contributed by atoms with Gasteiger partial charge in [-0.3, -0.25) is 9.69 Å². The molecule has 0 saturated carbocycles. The fourth-order valence-electron chi connectivity index (χ4n) is 3.36. The molecule has 3 heterocycles. The average Bonchev–Trinajstić information content (AvgIpc) is 3.23. The van der Waals surface area contributed by atoms with Gasteiger partial charge in [-0.15, -0.1) is 11.8 Å². The number of hydrogen-bond donors (Lipinski definition) is 2. The summed E-state index contributed by atoms with van der Waals surface area (Å²) in [5.74, 6) is -2.05. The van der Waals surface area contributed by atoms with Crippen molar-refractivity contribution in [1.29, 1.82) is 0 Å². The highest BCUT2D eigenvalue weighted by Gasteiger charge is 2.58. The third kappa shape index (κ3) is 3.70. The maximum atomic E-state index is 12.4. The lowest BCUT2D eigenvalue weighted by Gasteiger charge is -2.44. The number of thioether (sulfide) groups is 2. The van der Waals surface area contributed by atoms with E-state index in [0.29, 0.717) is 30.2 Å². The van der Waals surface area contributed by atoms with Crippen molar-refractivity contribution in [3.63, 3.8) is 0 Å². The predicted molar refractivity (Wildman–Crippen MR) is 102 cm³/mol. The van der Waals surface area contributed by atoms with Gasteiger partial charge in [-0.25, -0.2) is 9.59 Å². The molecular formula is C17H22N2O6S2. The lowest BCUT2D eigenvalue weighted by Crippen LogP contribution is -2.61. The van der Waals surface area contributed by atoms with E-state index >= 15 is 0 Å². The van der Waals surface area contributed by atoms with E-state index in [9.17, 15) is 24.6 Å². The van der Waals surface area contributed by atoms with Crippen LogP contribution in [-0.2, 0) is 14.3 Å². The highest BCUT2D eigenvalue weighted by atomic mass is 32.2. The van der Waals surface area contributed by atoms with Crippen LogP contribution in [0.4, 0.5) is 4.79 Å². The van der Waals surface area contributed by atoms with Crippen molar-refractivity contribution in [2.45, 2.75) is 36.5 Å². The summed E-state index contributed by atoms with van der Waals surface area (Å²) < 4.78 is 5.60. The zero-order valence-electron chi connectivity index (χ0n) is 14.9. The van der Waals surface area contributed by atoms with E-state index in [4.69, 9.17) is 4.74 Å². The summed E-state index contributed by atoms with van der Waals surface area (Å²) in [6.45, 7) is 6.44. The molecule has 3 aliphatic heterocycles. The number of carbonyl (C=O) groups excluding carboxylic acids is 2. The number of likely N-dealkylation sites (tertiary alicyclic amines) is 1. The number of carboxylic acid groups (broad SMARTS) is 1. The quantitative estimate of drug-likeness (QED) is 0.479. The van der Waals surface area contributed by atoms with Crippen LogP contribution in [0.2, 0.25) is 0 Å². The number of nitrogens with zero attached hydrogens (tertiary/aromatic N) is 2. The smallest absolute Gasteiger partial charge is 0.410 e. The van der Waals surface area contributed by atoms with Crippen LogP contribution in [0.25, 0.3) is 0 Å². The topological polar surface area (TPSA) is 107 Å². The number of aliphatic hydroxyl groups excluding tert-OH is 1. The summed E-state index contributed by atoms with van der Waals surface area (Å²) >= 11 is 2.71. The first-order chi connectivity index (χ1) is 12.9. The van der Waals surface area contributed by atoms with E-state index in [0.717, 1.165) is 0 Å². The summed E-state index contributed by atoms with van der Waals surface area (Å²) in [6.07, 6.45) is 1.48. The fraction of sp³-hybridized carbons (Fsp3) is 0.588. The predicted octanol–water partition coefficient (Wildman–Crippen LogP) is 1.67. The van der Waals surface area contributed by atoms with Gasteiger partial charge in [0.1, 0.15) is 12.0 Å². The fourth-order valence-corrected chi connectivity index (χ4v) is 6.64. The molecule has 0 bridgehead atoms. The van der Waals surface area contributed by atoms with Crippen LogP contribution in [0.3, 0.4) is 0 Å². The molecule has 0 spiro atoms. The molecule has 0 aliphatic carbocycles. The number of ether oxygens (including phenoxy) is 1. The molecule has 2 saturated heterocycles. The Kier molecular flexibility index (Phi) is 6.07. The maximum absolute atomic E-state index is 12.4. The second-order valence-electron chi connectivity index (χ2n) is 6.50. The van der Waals surface area contributed by atoms with Crippen molar-refractivity contribution in [2.24, 2.45) is 5.92 Å². The Morgan fingerprint density at radius 3 is 2.89 bits per heavy atom. The van der Waals surface area contributed by atoms with E-state index in [1.54, 1.807) is 11.8 Å². The van der Waals surface area contributed by atoms with Crippen LogP contribution in [0, 0.1) is 5.92 Å². The molecule has 0 aromatic rings. The van der Waals surface area contributed by atoms with Crippen molar-refractivity contribution < 1.29 is 29.3 Å². The first-order valence-corrected chi connectivity index (χ1v) is 10.5. The highest BCUT2D eigenvalue weighted by molar-refractivity contribution is 8.23. The molecule has 0 aromatic carbocycles.